The van der Waals surface area contributed by atoms with E-state index in [0.29, 0.717) is 55.2 Å². The number of benzene rings is 1. The second kappa shape index (κ2) is 13.4. The predicted molar refractivity (Wildman–Crippen MR) is 155 cm³/mol. The van der Waals surface area contributed by atoms with Crippen molar-refractivity contribution in [3.05, 3.63) is 36.4 Å². The van der Waals surface area contributed by atoms with Crippen molar-refractivity contribution in [1.82, 2.24) is 39.4 Å². The number of ether oxygens (including phenoxy) is 3. The monoisotopic (exact) mass is 597 g/mol. The van der Waals surface area contributed by atoms with Crippen molar-refractivity contribution in [2.24, 2.45) is 0 Å². The number of alkyl halides is 2. The molecule has 5 heterocycles. The molecular weight excluding hydrogens is 564 g/mol. The van der Waals surface area contributed by atoms with Gasteiger partial charge in [-0.1, -0.05) is 6.07 Å². The molecule has 3 aromatic heterocycles. The van der Waals surface area contributed by atoms with Crippen LogP contribution in [0.3, 0.4) is 0 Å². The molecule has 0 radical (unpaired) electrons. The molecule has 43 heavy (non-hydrogen) atoms. The number of anilines is 4. The van der Waals surface area contributed by atoms with E-state index in [4.69, 9.17) is 14.2 Å². The molecule has 0 saturated carbocycles. The van der Waals surface area contributed by atoms with Crippen LogP contribution < -0.4 is 20.3 Å². The summed E-state index contributed by atoms with van der Waals surface area (Å²) in [6, 6.07) is 5.03. The topological polar surface area (TPSA) is 140 Å². The number of nitrogens with one attached hydrogen (secondary N) is 2. The summed E-state index contributed by atoms with van der Waals surface area (Å²) in [4.78, 5) is 31.0. The first-order valence-electron chi connectivity index (χ1n) is 14.1. The van der Waals surface area contributed by atoms with Crippen LogP contribution in [0.2, 0.25) is 0 Å². The first-order valence-corrected chi connectivity index (χ1v) is 14.1. The Balaban J connectivity index is 1.25. The van der Waals surface area contributed by atoms with E-state index in [0.717, 1.165) is 45.8 Å². The third kappa shape index (κ3) is 6.71. The maximum Gasteiger partial charge on any atom is 0.296 e. The first kappa shape index (κ1) is 28.8. The molecule has 0 unspecified atom stereocenters. The van der Waals surface area contributed by atoms with E-state index < -0.39 is 12.2 Å². The van der Waals surface area contributed by atoms with Crippen LogP contribution in [0, 0.1) is 0 Å². The summed E-state index contributed by atoms with van der Waals surface area (Å²) in [5.74, 6) is 0.817. The molecule has 4 aromatic rings. The molecule has 0 atom stereocenters. The van der Waals surface area contributed by atoms with E-state index in [2.05, 4.69) is 45.4 Å². The Hall–Kier alpha value is -4.28. The minimum absolute atomic E-state index is 0.00971. The summed E-state index contributed by atoms with van der Waals surface area (Å²) < 4.78 is 46.0. The normalized spacial score (nSPS) is 16.1. The van der Waals surface area contributed by atoms with Gasteiger partial charge in [0.05, 0.1) is 57.1 Å². The van der Waals surface area contributed by atoms with Gasteiger partial charge in [-0.3, -0.25) is 9.47 Å². The highest BCUT2D eigenvalue weighted by molar-refractivity contribution is 5.84. The summed E-state index contributed by atoms with van der Waals surface area (Å²) in [5, 5.41) is 6.34. The van der Waals surface area contributed by atoms with Gasteiger partial charge in [0, 0.05) is 32.7 Å². The third-order valence-electron chi connectivity index (χ3n) is 7.14. The van der Waals surface area contributed by atoms with Crippen molar-refractivity contribution in [3.8, 4) is 11.7 Å². The number of aromatic nitrogens is 7. The van der Waals surface area contributed by atoms with Crippen LogP contribution in [-0.2, 0) is 9.47 Å². The molecule has 0 amide bonds. The molecule has 6 rings (SSSR count). The number of hydrogen-bond acceptors (Lipinski definition) is 13. The van der Waals surface area contributed by atoms with Gasteiger partial charge in [0.1, 0.15) is 11.3 Å². The highest BCUT2D eigenvalue weighted by Crippen LogP contribution is 2.32. The Morgan fingerprint density at radius 2 is 1.63 bits per heavy atom. The van der Waals surface area contributed by atoms with Crippen molar-refractivity contribution < 1.29 is 23.0 Å². The second-order valence-corrected chi connectivity index (χ2v) is 9.95. The van der Waals surface area contributed by atoms with E-state index >= 15 is 0 Å². The Morgan fingerprint density at radius 1 is 0.907 bits per heavy atom. The molecule has 16 heteroatoms. The first-order chi connectivity index (χ1) is 21.1. The molecule has 228 valence electrons. The Labute approximate surface area is 246 Å². The van der Waals surface area contributed by atoms with Crippen LogP contribution in [0.5, 0.6) is 5.75 Å². The maximum atomic E-state index is 14.3. The highest BCUT2D eigenvalue weighted by atomic mass is 19.3. The van der Waals surface area contributed by atoms with Crippen molar-refractivity contribution in [2.75, 3.05) is 88.3 Å². The largest absolute Gasteiger partial charge is 0.494 e. The Morgan fingerprint density at radius 3 is 2.35 bits per heavy atom. The number of methoxy groups -OCH3 is 1. The van der Waals surface area contributed by atoms with E-state index in [1.165, 1.54) is 11.7 Å². The fourth-order valence-corrected chi connectivity index (χ4v) is 4.97. The van der Waals surface area contributed by atoms with Gasteiger partial charge in [-0.25, -0.2) is 23.7 Å². The van der Waals surface area contributed by atoms with Gasteiger partial charge in [0.15, 0.2) is 5.82 Å². The molecule has 0 spiro atoms. The molecular formula is C27H33F2N11O3. The zero-order chi connectivity index (χ0) is 29.6. The van der Waals surface area contributed by atoms with Gasteiger partial charge in [-0.05, 0) is 25.1 Å². The van der Waals surface area contributed by atoms with Gasteiger partial charge in [0.2, 0.25) is 23.8 Å². The van der Waals surface area contributed by atoms with E-state index in [1.807, 2.05) is 4.90 Å². The Kier molecular flexibility index (Phi) is 8.95. The minimum Gasteiger partial charge on any atom is -0.494 e. The lowest BCUT2D eigenvalue weighted by molar-refractivity contribution is 0.0378. The van der Waals surface area contributed by atoms with E-state index in [1.54, 1.807) is 30.6 Å². The Bertz CT molecular complexity index is 1510. The summed E-state index contributed by atoms with van der Waals surface area (Å²) in [5.41, 5.74) is 1.19. The summed E-state index contributed by atoms with van der Waals surface area (Å²) in [6.07, 6.45) is 1.28. The van der Waals surface area contributed by atoms with Gasteiger partial charge in [0.25, 0.3) is 6.43 Å². The number of para-hydroxylation sites is 1. The lowest BCUT2D eigenvalue weighted by atomic mass is 10.3. The average molecular weight is 598 g/mol. The molecule has 1 aromatic carbocycles. The van der Waals surface area contributed by atoms with Crippen LogP contribution in [0.25, 0.3) is 17.0 Å². The molecule has 2 N–H and O–H groups in total. The number of fused-ring (bicyclic) bond motifs is 1. The number of morpholine rings is 2. The number of hydrogen-bond donors (Lipinski definition) is 2. The summed E-state index contributed by atoms with van der Waals surface area (Å²) in [6.45, 7) is 7.25. The molecule has 0 aliphatic carbocycles. The van der Waals surface area contributed by atoms with Crippen molar-refractivity contribution in [1.29, 1.82) is 0 Å². The van der Waals surface area contributed by atoms with Crippen LogP contribution in [0.1, 0.15) is 18.7 Å². The van der Waals surface area contributed by atoms with Crippen molar-refractivity contribution in [2.45, 2.75) is 12.8 Å². The van der Waals surface area contributed by atoms with Crippen LogP contribution >= 0.6 is 0 Å². The summed E-state index contributed by atoms with van der Waals surface area (Å²) >= 11 is 0. The maximum absolute atomic E-state index is 14.3. The smallest absolute Gasteiger partial charge is 0.296 e. The minimum atomic E-state index is -2.89. The van der Waals surface area contributed by atoms with Gasteiger partial charge in [-0.15, -0.1) is 0 Å². The molecule has 2 fully saturated rings. The number of rotatable bonds is 11. The van der Waals surface area contributed by atoms with Crippen molar-refractivity contribution >= 4 is 34.6 Å². The predicted octanol–water partition coefficient (Wildman–Crippen LogP) is 2.66. The fourth-order valence-electron chi connectivity index (χ4n) is 4.97. The van der Waals surface area contributed by atoms with Crippen molar-refractivity contribution in [3.63, 3.8) is 0 Å². The van der Waals surface area contributed by atoms with Gasteiger partial charge >= 0.3 is 0 Å². The number of imidazole rings is 1. The molecule has 2 saturated heterocycles. The molecule has 0 bridgehead atoms. The van der Waals surface area contributed by atoms with E-state index in [9.17, 15) is 8.78 Å². The van der Waals surface area contributed by atoms with Crippen LogP contribution in [-0.4, -0.2) is 112 Å². The van der Waals surface area contributed by atoms with Crippen LogP contribution in [0.15, 0.2) is 30.6 Å². The standard InChI is InChI=1S/C27H33F2N11O3/c1-41-20-5-2-4-19-21(20)34-23(22(28)29)40(19)27-36-25(35-26(37-27)39-10-14-43-15-11-39)33-18-16-31-24(32-17-18)30-6-3-7-38-8-12-42-13-9-38/h2,4-5,16-17,22H,3,6-15H2,1H3,(H,30,31,32)(H,33,35,36,37). The number of nitrogens with zero attached hydrogens (tertiary/aromatic N) is 9. The third-order valence-corrected chi connectivity index (χ3v) is 7.14. The fraction of sp³-hybridized carbons (Fsp3) is 0.481. The zero-order valence-corrected chi connectivity index (χ0v) is 23.7. The molecule has 14 nitrogen and oxygen atoms in total. The van der Waals surface area contributed by atoms with Crippen LogP contribution in [0.4, 0.5) is 32.3 Å². The van der Waals surface area contributed by atoms with Gasteiger partial charge in [-0.2, -0.15) is 15.0 Å². The quantitative estimate of drug-likeness (QED) is 0.245. The molecule has 2 aliphatic rings. The average Bonchev–Trinajstić information content (AvgIpc) is 3.45. The lowest BCUT2D eigenvalue weighted by Crippen LogP contribution is -2.37. The summed E-state index contributed by atoms with van der Waals surface area (Å²) in [7, 11) is 1.46. The highest BCUT2D eigenvalue weighted by Gasteiger charge is 2.26. The zero-order valence-electron chi connectivity index (χ0n) is 23.7. The lowest BCUT2D eigenvalue weighted by Gasteiger charge is -2.27. The van der Waals surface area contributed by atoms with E-state index in [-0.39, 0.29) is 17.4 Å². The molecule has 2 aliphatic heterocycles. The van der Waals surface area contributed by atoms with Gasteiger partial charge < -0.3 is 29.7 Å². The SMILES string of the molecule is COc1cccc2c1nc(C(F)F)n2-c1nc(Nc2cnc(NCCCN3CCOCC3)nc2)nc(N2CCOCC2)n1. The number of halogens is 2. The second-order valence-electron chi connectivity index (χ2n) is 9.95.